The molecule has 1 heterocycles. The molecule has 0 bridgehead atoms. The Kier molecular flexibility index (Phi) is 4.01. The molecule has 0 radical (unpaired) electrons. The van der Waals surface area contributed by atoms with Gasteiger partial charge in [-0.05, 0) is 54.4 Å². The van der Waals surface area contributed by atoms with Crippen LogP contribution in [-0.4, -0.2) is 4.98 Å². The highest BCUT2D eigenvalue weighted by molar-refractivity contribution is 7.21. The zero-order valence-corrected chi connectivity index (χ0v) is 14.3. The number of rotatable bonds is 4. The van der Waals surface area contributed by atoms with Crippen LogP contribution in [0.5, 0.6) is 0 Å². The van der Waals surface area contributed by atoms with Gasteiger partial charge in [-0.15, -0.1) is 11.3 Å². The van der Waals surface area contributed by atoms with E-state index in [9.17, 15) is 0 Å². The van der Waals surface area contributed by atoms with Crippen molar-refractivity contribution in [1.82, 2.24) is 4.98 Å². The second-order valence-electron chi connectivity index (χ2n) is 5.91. The predicted octanol–water partition coefficient (Wildman–Crippen LogP) is 5.88. The van der Waals surface area contributed by atoms with Gasteiger partial charge in [0.15, 0.2) is 0 Å². The maximum atomic E-state index is 4.75. The summed E-state index contributed by atoms with van der Waals surface area (Å²) < 4.78 is 1.25. The fourth-order valence-corrected chi connectivity index (χ4v) is 3.76. The lowest BCUT2D eigenvalue weighted by molar-refractivity contribution is 1.15. The van der Waals surface area contributed by atoms with Crippen LogP contribution < -0.4 is 5.32 Å². The molecule has 3 heteroatoms. The molecule has 4 rings (SSSR count). The van der Waals surface area contributed by atoms with E-state index in [0.29, 0.717) is 0 Å². The minimum atomic E-state index is 0.834. The third-order valence-electron chi connectivity index (χ3n) is 4.02. The zero-order valence-electron chi connectivity index (χ0n) is 13.5. The summed E-state index contributed by atoms with van der Waals surface area (Å²) >= 11 is 1.75. The van der Waals surface area contributed by atoms with Gasteiger partial charge in [-0.3, -0.25) is 0 Å². The Morgan fingerprint density at radius 2 is 1.71 bits per heavy atom. The molecule has 0 unspecified atom stereocenters. The number of nitrogens with one attached hydrogen (secondary N) is 1. The molecular weight excluding hydrogens is 312 g/mol. The minimum Gasteiger partial charge on any atom is -0.381 e. The Bertz CT molecular complexity index is 956. The second-order valence-corrected chi connectivity index (χ2v) is 6.94. The van der Waals surface area contributed by atoms with Crippen molar-refractivity contribution < 1.29 is 0 Å². The molecule has 4 aromatic rings. The standard InChI is InChI=1S/C21H18N2S/c1-15-7-12-19-20(13-15)24-21(23-19)17-8-10-18(11-9-17)22-14-16-5-3-2-4-6-16/h2-13,22H,14H2,1H3. The summed E-state index contributed by atoms with van der Waals surface area (Å²) in [6.07, 6.45) is 0. The molecule has 3 aromatic carbocycles. The smallest absolute Gasteiger partial charge is 0.124 e. The van der Waals surface area contributed by atoms with Gasteiger partial charge in [0.2, 0.25) is 0 Å². The molecule has 0 aliphatic carbocycles. The number of hydrogen-bond acceptors (Lipinski definition) is 3. The number of benzene rings is 3. The molecule has 0 spiro atoms. The van der Waals surface area contributed by atoms with Crippen molar-refractivity contribution in [2.75, 3.05) is 5.32 Å². The first-order valence-electron chi connectivity index (χ1n) is 8.03. The van der Waals surface area contributed by atoms with Crippen LogP contribution in [0.3, 0.4) is 0 Å². The van der Waals surface area contributed by atoms with Gasteiger partial charge in [-0.25, -0.2) is 4.98 Å². The van der Waals surface area contributed by atoms with Crippen LogP contribution in [0, 0.1) is 6.92 Å². The quantitative estimate of drug-likeness (QED) is 0.505. The fourth-order valence-electron chi connectivity index (χ4n) is 2.69. The van der Waals surface area contributed by atoms with Crippen molar-refractivity contribution in [3.05, 3.63) is 83.9 Å². The van der Waals surface area contributed by atoms with E-state index in [4.69, 9.17) is 4.98 Å². The molecule has 0 aliphatic rings. The summed E-state index contributed by atoms with van der Waals surface area (Å²) in [6, 6.07) is 25.4. The topological polar surface area (TPSA) is 24.9 Å². The van der Waals surface area contributed by atoms with Gasteiger partial charge < -0.3 is 5.32 Å². The summed E-state index contributed by atoms with van der Waals surface area (Å²) in [5.74, 6) is 0. The van der Waals surface area contributed by atoms with Crippen molar-refractivity contribution in [2.24, 2.45) is 0 Å². The van der Waals surface area contributed by atoms with Gasteiger partial charge in [0.25, 0.3) is 0 Å². The summed E-state index contributed by atoms with van der Waals surface area (Å²) in [6.45, 7) is 2.95. The monoisotopic (exact) mass is 330 g/mol. The number of nitrogens with zero attached hydrogens (tertiary/aromatic N) is 1. The number of aromatic nitrogens is 1. The van der Waals surface area contributed by atoms with E-state index in [0.717, 1.165) is 22.8 Å². The Morgan fingerprint density at radius 1 is 0.917 bits per heavy atom. The van der Waals surface area contributed by atoms with Crippen LogP contribution in [0.1, 0.15) is 11.1 Å². The lowest BCUT2D eigenvalue weighted by atomic mass is 10.2. The molecule has 1 N–H and O–H groups in total. The SMILES string of the molecule is Cc1ccc2nc(-c3ccc(NCc4ccccc4)cc3)sc2c1. The third kappa shape index (κ3) is 3.17. The molecule has 0 saturated heterocycles. The van der Waals surface area contributed by atoms with Gasteiger partial charge >= 0.3 is 0 Å². The van der Waals surface area contributed by atoms with Crippen molar-refractivity contribution in [3.8, 4) is 10.6 Å². The van der Waals surface area contributed by atoms with Crippen LogP contribution in [0.15, 0.2) is 72.8 Å². The van der Waals surface area contributed by atoms with E-state index in [1.54, 1.807) is 11.3 Å². The Labute approximate surface area is 145 Å². The summed E-state index contributed by atoms with van der Waals surface area (Å²) in [7, 11) is 0. The number of thiazole rings is 1. The number of aryl methyl sites for hydroxylation is 1. The summed E-state index contributed by atoms with van der Waals surface area (Å²) in [5.41, 5.74) is 5.92. The molecule has 24 heavy (non-hydrogen) atoms. The second kappa shape index (κ2) is 6.46. The summed E-state index contributed by atoms with van der Waals surface area (Å²) in [4.78, 5) is 4.75. The van der Waals surface area contributed by atoms with Gasteiger partial charge in [0.05, 0.1) is 10.2 Å². The van der Waals surface area contributed by atoms with Crippen molar-refractivity contribution in [3.63, 3.8) is 0 Å². The van der Waals surface area contributed by atoms with E-state index in [1.165, 1.54) is 21.4 Å². The van der Waals surface area contributed by atoms with Gasteiger partial charge in [-0.1, -0.05) is 36.4 Å². The van der Waals surface area contributed by atoms with E-state index in [-0.39, 0.29) is 0 Å². The van der Waals surface area contributed by atoms with E-state index < -0.39 is 0 Å². The molecule has 0 amide bonds. The maximum absolute atomic E-state index is 4.75. The molecule has 0 fully saturated rings. The molecule has 118 valence electrons. The van der Waals surface area contributed by atoms with Gasteiger partial charge in [0, 0.05) is 17.8 Å². The molecule has 0 atom stereocenters. The first kappa shape index (κ1) is 14.9. The Hall–Kier alpha value is -2.65. The average molecular weight is 330 g/mol. The third-order valence-corrected chi connectivity index (χ3v) is 5.08. The van der Waals surface area contributed by atoms with Crippen LogP contribution in [0.2, 0.25) is 0 Å². The largest absolute Gasteiger partial charge is 0.381 e. The van der Waals surface area contributed by atoms with Gasteiger partial charge in [-0.2, -0.15) is 0 Å². The lowest BCUT2D eigenvalue weighted by Gasteiger charge is -2.07. The van der Waals surface area contributed by atoms with Crippen LogP contribution in [-0.2, 0) is 6.54 Å². The normalized spacial score (nSPS) is 10.9. The molecule has 0 aliphatic heterocycles. The Morgan fingerprint density at radius 3 is 2.50 bits per heavy atom. The molecule has 2 nitrogen and oxygen atoms in total. The highest BCUT2D eigenvalue weighted by atomic mass is 32.1. The maximum Gasteiger partial charge on any atom is 0.124 e. The number of fused-ring (bicyclic) bond motifs is 1. The first-order chi connectivity index (χ1) is 11.8. The zero-order chi connectivity index (χ0) is 16.4. The highest BCUT2D eigenvalue weighted by Crippen LogP contribution is 2.31. The average Bonchev–Trinajstić information content (AvgIpc) is 3.04. The van der Waals surface area contributed by atoms with Crippen molar-refractivity contribution in [2.45, 2.75) is 13.5 Å². The van der Waals surface area contributed by atoms with Crippen molar-refractivity contribution >= 4 is 27.2 Å². The molecular formula is C21H18N2S. The van der Waals surface area contributed by atoms with Crippen molar-refractivity contribution in [1.29, 1.82) is 0 Å². The number of anilines is 1. The van der Waals surface area contributed by atoms with Crippen LogP contribution in [0.4, 0.5) is 5.69 Å². The van der Waals surface area contributed by atoms with Crippen LogP contribution in [0.25, 0.3) is 20.8 Å². The fraction of sp³-hybridized carbons (Fsp3) is 0.0952. The molecule has 1 aromatic heterocycles. The van der Waals surface area contributed by atoms with Gasteiger partial charge in [0.1, 0.15) is 5.01 Å². The van der Waals surface area contributed by atoms with E-state index in [1.807, 2.05) is 6.07 Å². The summed E-state index contributed by atoms with van der Waals surface area (Å²) in [5, 5.41) is 4.53. The lowest BCUT2D eigenvalue weighted by Crippen LogP contribution is -1.98. The highest BCUT2D eigenvalue weighted by Gasteiger charge is 2.06. The first-order valence-corrected chi connectivity index (χ1v) is 8.85. The number of hydrogen-bond donors (Lipinski definition) is 1. The minimum absolute atomic E-state index is 0.834. The predicted molar refractivity (Wildman–Crippen MR) is 104 cm³/mol. The Balaban J connectivity index is 1.52. The van der Waals surface area contributed by atoms with E-state index >= 15 is 0 Å². The molecule has 0 saturated carbocycles. The van der Waals surface area contributed by atoms with E-state index in [2.05, 4.69) is 79.0 Å². The van der Waals surface area contributed by atoms with Crippen LogP contribution >= 0.6 is 11.3 Å².